The zero-order valence-corrected chi connectivity index (χ0v) is 13.3. The molecule has 0 fully saturated rings. The monoisotopic (exact) mass is 311 g/mol. The molecule has 0 atom stereocenters. The molecule has 0 aromatic carbocycles. The highest BCUT2D eigenvalue weighted by Crippen LogP contribution is 2.06. The van der Waals surface area contributed by atoms with E-state index in [1.807, 2.05) is 0 Å². The lowest BCUT2D eigenvalue weighted by Gasteiger charge is -2.19. The molecule has 0 aliphatic rings. The van der Waals surface area contributed by atoms with Gasteiger partial charge < -0.3 is 10.1 Å². The van der Waals surface area contributed by atoms with Crippen molar-refractivity contribution in [3.63, 3.8) is 0 Å². The van der Waals surface area contributed by atoms with Crippen LogP contribution in [0.3, 0.4) is 0 Å². The minimum atomic E-state index is -0.568. The summed E-state index contributed by atoms with van der Waals surface area (Å²) in [5, 5.41) is 7.82. The number of H-pyrrole nitrogens is 1. The highest BCUT2D eigenvalue weighted by molar-refractivity contribution is 5.73. The van der Waals surface area contributed by atoms with Gasteiger partial charge >= 0.3 is 11.8 Å². The van der Waals surface area contributed by atoms with E-state index in [2.05, 4.69) is 15.4 Å². The molecule has 0 aliphatic heterocycles. The fourth-order valence-corrected chi connectivity index (χ4v) is 1.39. The van der Waals surface area contributed by atoms with Gasteiger partial charge in [0.1, 0.15) is 11.4 Å². The fourth-order valence-electron chi connectivity index (χ4n) is 1.39. The van der Waals surface area contributed by atoms with E-state index in [-0.39, 0.29) is 12.4 Å². The Hall–Kier alpha value is -2.58. The molecule has 0 saturated heterocycles. The average molecular weight is 311 g/mol. The average Bonchev–Trinajstić information content (AvgIpc) is 2.38. The number of ether oxygens (including phenoxy) is 1. The summed E-state index contributed by atoms with van der Waals surface area (Å²) in [5.74, 6) is 0.251. The molecule has 0 spiro atoms. The van der Waals surface area contributed by atoms with E-state index >= 15 is 0 Å². The first-order valence-electron chi connectivity index (χ1n) is 6.63. The number of rotatable bonds is 4. The van der Waals surface area contributed by atoms with Crippen LogP contribution in [0.25, 0.3) is 0 Å². The second-order valence-electron chi connectivity index (χ2n) is 5.56. The quantitative estimate of drug-likeness (QED) is 0.602. The molecule has 22 heavy (non-hydrogen) atoms. The number of anilines is 1. The third-order valence-corrected chi connectivity index (χ3v) is 2.47. The molecule has 0 radical (unpaired) electrons. The van der Waals surface area contributed by atoms with Crippen molar-refractivity contribution in [2.75, 3.05) is 18.6 Å². The smallest absolute Gasteiger partial charge is 0.407 e. The zero-order valence-electron chi connectivity index (χ0n) is 13.3. The Bertz CT molecular complexity index is 637. The fraction of sp³-hybridized carbons (Fsp3) is 0.538. The SMILES string of the molecule is CN(/N=C\CNC(=O)OC(C)(C)C)c1cc(=O)n(C)c(=O)[nH]1. The van der Waals surface area contributed by atoms with Gasteiger partial charge in [-0.05, 0) is 20.8 Å². The van der Waals surface area contributed by atoms with Crippen molar-refractivity contribution in [2.24, 2.45) is 12.1 Å². The molecule has 1 rings (SSSR count). The predicted molar refractivity (Wildman–Crippen MR) is 83.4 cm³/mol. The normalized spacial score (nSPS) is 11.5. The molecule has 1 aromatic rings. The lowest BCUT2D eigenvalue weighted by molar-refractivity contribution is 0.0536. The molecule has 2 N–H and O–H groups in total. The first-order chi connectivity index (χ1) is 10.1. The van der Waals surface area contributed by atoms with E-state index in [1.54, 1.807) is 27.8 Å². The second-order valence-corrected chi connectivity index (χ2v) is 5.56. The maximum absolute atomic E-state index is 11.5. The minimum absolute atomic E-state index is 0.147. The van der Waals surface area contributed by atoms with Crippen LogP contribution in [0.4, 0.5) is 10.6 Å². The third-order valence-electron chi connectivity index (χ3n) is 2.47. The number of nitrogens with one attached hydrogen (secondary N) is 2. The molecule has 0 unspecified atom stereocenters. The van der Waals surface area contributed by atoms with Gasteiger partial charge in [0.15, 0.2) is 0 Å². The number of alkyl carbamates (subject to hydrolysis) is 1. The van der Waals surface area contributed by atoms with Gasteiger partial charge in [0.25, 0.3) is 5.56 Å². The van der Waals surface area contributed by atoms with Crippen LogP contribution in [0.1, 0.15) is 20.8 Å². The minimum Gasteiger partial charge on any atom is -0.444 e. The lowest BCUT2D eigenvalue weighted by Crippen LogP contribution is -2.34. The molecule has 1 amide bonds. The van der Waals surface area contributed by atoms with Crippen molar-refractivity contribution in [2.45, 2.75) is 26.4 Å². The standard InChI is InChI=1S/C13H21N5O4/c1-13(2,3)22-12(21)14-6-7-15-18(5)9-8-10(19)17(4)11(20)16-9/h7-8H,6H2,1-5H3,(H,14,21)(H,16,20)/b15-7-. The number of aromatic nitrogens is 2. The summed E-state index contributed by atoms with van der Waals surface area (Å²) in [7, 11) is 2.94. The number of hydrogen-bond acceptors (Lipinski definition) is 6. The van der Waals surface area contributed by atoms with E-state index in [0.29, 0.717) is 0 Å². The number of hydrogen-bond donors (Lipinski definition) is 2. The Morgan fingerprint density at radius 2 is 2.14 bits per heavy atom. The first kappa shape index (κ1) is 17.5. The third kappa shape index (κ3) is 5.43. The summed E-state index contributed by atoms with van der Waals surface area (Å²) >= 11 is 0. The number of amides is 1. The van der Waals surface area contributed by atoms with Gasteiger partial charge in [-0.1, -0.05) is 0 Å². The highest BCUT2D eigenvalue weighted by Gasteiger charge is 2.15. The zero-order chi connectivity index (χ0) is 16.9. The van der Waals surface area contributed by atoms with Gasteiger partial charge in [0.2, 0.25) is 0 Å². The number of carbonyl (C=O) groups excluding carboxylic acids is 1. The molecule has 0 saturated carbocycles. The molecule has 0 aliphatic carbocycles. The lowest BCUT2D eigenvalue weighted by atomic mass is 10.2. The van der Waals surface area contributed by atoms with Crippen molar-refractivity contribution < 1.29 is 9.53 Å². The largest absolute Gasteiger partial charge is 0.444 e. The van der Waals surface area contributed by atoms with Crippen LogP contribution in [0.2, 0.25) is 0 Å². The van der Waals surface area contributed by atoms with E-state index in [0.717, 1.165) is 4.57 Å². The van der Waals surface area contributed by atoms with Gasteiger partial charge in [0, 0.05) is 26.4 Å². The highest BCUT2D eigenvalue weighted by atomic mass is 16.6. The van der Waals surface area contributed by atoms with Crippen LogP contribution in [0.5, 0.6) is 0 Å². The van der Waals surface area contributed by atoms with Gasteiger partial charge in [-0.25, -0.2) is 9.59 Å². The topological polar surface area (TPSA) is 109 Å². The molecule has 0 bridgehead atoms. The molecule has 122 valence electrons. The molecule has 9 nitrogen and oxygen atoms in total. The van der Waals surface area contributed by atoms with E-state index < -0.39 is 22.9 Å². The Labute approximate surface area is 127 Å². The van der Waals surface area contributed by atoms with Crippen LogP contribution < -0.4 is 21.6 Å². The molecular formula is C13H21N5O4. The van der Waals surface area contributed by atoms with Crippen molar-refractivity contribution in [1.29, 1.82) is 0 Å². The Morgan fingerprint density at radius 1 is 1.50 bits per heavy atom. The van der Waals surface area contributed by atoms with Crippen molar-refractivity contribution in [3.05, 3.63) is 26.9 Å². The summed E-state index contributed by atoms with van der Waals surface area (Å²) in [6.45, 7) is 5.44. The van der Waals surface area contributed by atoms with Crippen molar-refractivity contribution in [3.8, 4) is 0 Å². The van der Waals surface area contributed by atoms with Crippen molar-refractivity contribution >= 4 is 18.1 Å². The summed E-state index contributed by atoms with van der Waals surface area (Å²) in [6, 6.07) is 1.25. The summed E-state index contributed by atoms with van der Waals surface area (Å²) in [5.41, 5.74) is -1.54. The van der Waals surface area contributed by atoms with Gasteiger partial charge in [-0.2, -0.15) is 5.10 Å². The number of carbonyl (C=O) groups is 1. The van der Waals surface area contributed by atoms with E-state index in [9.17, 15) is 14.4 Å². The summed E-state index contributed by atoms with van der Waals surface area (Å²) < 4.78 is 6.01. The number of hydrazone groups is 1. The van der Waals surface area contributed by atoms with Crippen LogP contribution in [0.15, 0.2) is 20.8 Å². The predicted octanol–water partition coefficient (Wildman–Crippen LogP) is 0.0203. The maximum atomic E-state index is 11.5. The Morgan fingerprint density at radius 3 is 2.68 bits per heavy atom. The molecular weight excluding hydrogens is 290 g/mol. The van der Waals surface area contributed by atoms with Crippen LogP contribution in [0, 0.1) is 0 Å². The Balaban J connectivity index is 2.59. The molecule has 1 heterocycles. The van der Waals surface area contributed by atoms with Gasteiger partial charge in [-0.15, -0.1) is 0 Å². The maximum Gasteiger partial charge on any atom is 0.407 e. The van der Waals surface area contributed by atoms with E-state index in [4.69, 9.17) is 4.74 Å². The first-order valence-corrected chi connectivity index (χ1v) is 6.63. The number of aromatic amines is 1. The Kier molecular flexibility index (Phi) is 5.50. The van der Waals surface area contributed by atoms with Gasteiger partial charge in [0.05, 0.1) is 6.54 Å². The molecule has 9 heteroatoms. The summed E-state index contributed by atoms with van der Waals surface area (Å²) in [4.78, 5) is 36.9. The van der Waals surface area contributed by atoms with Crippen molar-refractivity contribution in [1.82, 2.24) is 14.9 Å². The number of nitrogens with zero attached hydrogens (tertiary/aromatic N) is 3. The van der Waals surface area contributed by atoms with Gasteiger partial charge in [-0.3, -0.25) is 19.4 Å². The summed E-state index contributed by atoms with van der Waals surface area (Å²) in [6.07, 6.45) is 0.864. The second kappa shape index (κ2) is 6.92. The van der Waals surface area contributed by atoms with Crippen LogP contribution in [-0.4, -0.2) is 41.1 Å². The van der Waals surface area contributed by atoms with Crippen LogP contribution in [-0.2, 0) is 11.8 Å². The molecule has 1 aromatic heterocycles. The van der Waals surface area contributed by atoms with E-state index in [1.165, 1.54) is 24.3 Å². The van der Waals surface area contributed by atoms with Crippen LogP contribution >= 0.6 is 0 Å².